The molecule has 1 fully saturated rings. The average molecular weight is 408 g/mol. The summed E-state index contributed by atoms with van der Waals surface area (Å²) >= 11 is 2.22. The van der Waals surface area contributed by atoms with Gasteiger partial charge in [-0.05, 0) is 72.6 Å². The number of hydrogen-bond acceptors (Lipinski definition) is 3. The Kier molecular flexibility index (Phi) is 8.06. The molecule has 0 amide bonds. The Morgan fingerprint density at radius 1 is 1.33 bits per heavy atom. The third-order valence-electron chi connectivity index (χ3n) is 4.27. The normalized spacial score (nSPS) is 27.3. The van der Waals surface area contributed by atoms with Gasteiger partial charge in [-0.15, -0.1) is 0 Å². The minimum absolute atomic E-state index is 0.176. The van der Waals surface area contributed by atoms with Crippen molar-refractivity contribution in [3.8, 4) is 0 Å². The molecule has 0 aliphatic heterocycles. The SMILES string of the molecule is CCOC(=O)C/C(C)=C(/I)OC1CC(C)CCC1C(C)C. The van der Waals surface area contributed by atoms with E-state index in [1.807, 2.05) is 13.8 Å². The first-order valence-electron chi connectivity index (χ1n) is 8.02. The summed E-state index contributed by atoms with van der Waals surface area (Å²) in [7, 11) is 0. The minimum Gasteiger partial charge on any atom is -0.484 e. The predicted octanol–water partition coefficient (Wildman–Crippen LogP) is 5.08. The molecule has 1 rings (SSSR count). The maximum absolute atomic E-state index is 11.6. The lowest BCUT2D eigenvalue weighted by Gasteiger charge is -2.37. The lowest BCUT2D eigenvalue weighted by molar-refractivity contribution is -0.142. The first-order valence-corrected chi connectivity index (χ1v) is 9.10. The molecule has 3 unspecified atom stereocenters. The van der Waals surface area contributed by atoms with E-state index >= 15 is 0 Å². The highest BCUT2D eigenvalue weighted by Crippen LogP contribution is 2.37. The highest BCUT2D eigenvalue weighted by Gasteiger charge is 2.32. The molecule has 0 aromatic carbocycles. The maximum atomic E-state index is 11.6. The summed E-state index contributed by atoms with van der Waals surface area (Å²) in [6, 6.07) is 0. The molecule has 3 atom stereocenters. The first kappa shape index (κ1) is 18.8. The number of carbonyl (C=O) groups is 1. The summed E-state index contributed by atoms with van der Waals surface area (Å²) in [5, 5.41) is 0. The van der Waals surface area contributed by atoms with Gasteiger partial charge in [-0.1, -0.05) is 27.2 Å². The van der Waals surface area contributed by atoms with Gasteiger partial charge < -0.3 is 9.47 Å². The fourth-order valence-electron chi connectivity index (χ4n) is 2.98. The molecular formula is C17H29IO3. The van der Waals surface area contributed by atoms with Crippen molar-refractivity contribution in [3.63, 3.8) is 0 Å². The highest BCUT2D eigenvalue weighted by molar-refractivity contribution is 14.1. The third kappa shape index (κ3) is 6.17. The molecule has 122 valence electrons. The molecule has 0 spiro atoms. The van der Waals surface area contributed by atoms with Gasteiger partial charge in [0.15, 0.2) is 3.77 Å². The molecule has 1 aliphatic carbocycles. The number of halogens is 1. The first-order chi connectivity index (χ1) is 9.85. The van der Waals surface area contributed by atoms with Crippen LogP contribution in [0.25, 0.3) is 0 Å². The van der Waals surface area contributed by atoms with E-state index in [1.54, 1.807) is 0 Å². The van der Waals surface area contributed by atoms with E-state index in [9.17, 15) is 4.79 Å². The van der Waals surface area contributed by atoms with Crippen molar-refractivity contribution in [1.82, 2.24) is 0 Å². The van der Waals surface area contributed by atoms with Crippen LogP contribution in [0.2, 0.25) is 0 Å². The molecule has 0 bridgehead atoms. The second-order valence-electron chi connectivity index (χ2n) is 6.52. The molecule has 4 heteroatoms. The molecule has 0 heterocycles. The van der Waals surface area contributed by atoms with E-state index in [2.05, 4.69) is 43.4 Å². The number of carbonyl (C=O) groups excluding carboxylic acids is 1. The van der Waals surface area contributed by atoms with E-state index in [1.165, 1.54) is 12.8 Å². The molecule has 0 aromatic rings. The predicted molar refractivity (Wildman–Crippen MR) is 94.2 cm³/mol. The van der Waals surface area contributed by atoms with E-state index in [0.717, 1.165) is 21.7 Å². The smallest absolute Gasteiger partial charge is 0.310 e. The Labute approximate surface area is 143 Å². The molecule has 1 aliphatic rings. The van der Waals surface area contributed by atoms with Crippen LogP contribution in [0.1, 0.15) is 60.3 Å². The largest absolute Gasteiger partial charge is 0.484 e. The number of hydrogen-bond donors (Lipinski definition) is 0. The minimum atomic E-state index is -0.176. The van der Waals surface area contributed by atoms with E-state index in [-0.39, 0.29) is 12.1 Å². The summed E-state index contributed by atoms with van der Waals surface area (Å²) in [5.74, 6) is 1.79. The topological polar surface area (TPSA) is 35.5 Å². The third-order valence-corrected chi connectivity index (χ3v) is 5.44. The Morgan fingerprint density at radius 2 is 2.00 bits per heavy atom. The molecule has 3 nitrogen and oxygen atoms in total. The van der Waals surface area contributed by atoms with Gasteiger partial charge >= 0.3 is 5.97 Å². The van der Waals surface area contributed by atoms with Gasteiger partial charge in [0.1, 0.15) is 6.10 Å². The second-order valence-corrected chi connectivity index (χ2v) is 7.50. The summed E-state index contributed by atoms with van der Waals surface area (Å²) < 4.78 is 12.1. The van der Waals surface area contributed by atoms with Gasteiger partial charge in [-0.2, -0.15) is 0 Å². The molecule has 0 radical (unpaired) electrons. The lowest BCUT2D eigenvalue weighted by atomic mass is 9.75. The van der Waals surface area contributed by atoms with Crippen LogP contribution in [-0.2, 0) is 14.3 Å². The van der Waals surface area contributed by atoms with Gasteiger partial charge in [0.2, 0.25) is 0 Å². The van der Waals surface area contributed by atoms with Gasteiger partial charge in [0.25, 0.3) is 0 Å². The average Bonchev–Trinajstić information content (AvgIpc) is 2.38. The van der Waals surface area contributed by atoms with Crippen LogP contribution in [0.15, 0.2) is 9.34 Å². The van der Waals surface area contributed by atoms with Gasteiger partial charge in [-0.3, -0.25) is 4.79 Å². The highest BCUT2D eigenvalue weighted by atomic mass is 127. The Bertz CT molecular complexity index is 376. The molecule has 21 heavy (non-hydrogen) atoms. The van der Waals surface area contributed by atoms with Crippen molar-refractivity contribution in [1.29, 1.82) is 0 Å². The van der Waals surface area contributed by atoms with Gasteiger partial charge in [0.05, 0.1) is 13.0 Å². The number of ether oxygens (including phenoxy) is 2. The van der Waals surface area contributed by atoms with Crippen LogP contribution in [0.4, 0.5) is 0 Å². The maximum Gasteiger partial charge on any atom is 0.310 e. The van der Waals surface area contributed by atoms with E-state index in [4.69, 9.17) is 9.47 Å². The molecular weight excluding hydrogens is 379 g/mol. The Balaban J connectivity index is 2.68. The quantitative estimate of drug-likeness (QED) is 0.349. The Hall–Kier alpha value is -0.260. The fraction of sp³-hybridized carbons (Fsp3) is 0.824. The molecule has 0 saturated heterocycles. The summed E-state index contributed by atoms with van der Waals surface area (Å²) in [6.45, 7) is 11.1. The van der Waals surface area contributed by atoms with Crippen LogP contribution < -0.4 is 0 Å². The second kappa shape index (κ2) is 9.01. The van der Waals surface area contributed by atoms with Gasteiger partial charge in [-0.25, -0.2) is 0 Å². The summed E-state index contributed by atoms with van der Waals surface area (Å²) in [4.78, 5) is 11.6. The van der Waals surface area contributed by atoms with Crippen LogP contribution in [0.3, 0.4) is 0 Å². The number of rotatable bonds is 6. The van der Waals surface area contributed by atoms with Crippen molar-refractivity contribution >= 4 is 28.6 Å². The van der Waals surface area contributed by atoms with Crippen LogP contribution in [-0.4, -0.2) is 18.7 Å². The molecule has 0 N–H and O–H groups in total. The monoisotopic (exact) mass is 408 g/mol. The summed E-state index contributed by atoms with van der Waals surface area (Å²) in [5.41, 5.74) is 0.967. The fourth-order valence-corrected chi connectivity index (χ4v) is 3.50. The Morgan fingerprint density at radius 3 is 2.57 bits per heavy atom. The summed E-state index contributed by atoms with van der Waals surface area (Å²) in [6.07, 6.45) is 4.25. The van der Waals surface area contributed by atoms with Crippen LogP contribution in [0.5, 0.6) is 0 Å². The molecule has 0 aromatic heterocycles. The van der Waals surface area contributed by atoms with Crippen molar-refractivity contribution < 1.29 is 14.3 Å². The van der Waals surface area contributed by atoms with Crippen LogP contribution >= 0.6 is 22.6 Å². The van der Waals surface area contributed by atoms with Crippen molar-refractivity contribution in [2.24, 2.45) is 17.8 Å². The zero-order valence-corrected chi connectivity index (χ0v) is 16.1. The van der Waals surface area contributed by atoms with E-state index in [0.29, 0.717) is 24.9 Å². The van der Waals surface area contributed by atoms with E-state index < -0.39 is 0 Å². The lowest BCUT2D eigenvalue weighted by Crippen LogP contribution is -2.33. The van der Waals surface area contributed by atoms with Gasteiger partial charge in [0, 0.05) is 0 Å². The van der Waals surface area contributed by atoms with Crippen molar-refractivity contribution in [2.45, 2.75) is 66.4 Å². The number of esters is 1. The standard InChI is InChI=1S/C17H29IO3/c1-6-20-16(19)10-13(5)17(18)21-15-9-12(4)7-8-14(15)11(2)3/h11-12,14-15H,6-10H2,1-5H3/b17-13-. The van der Waals surface area contributed by atoms with Crippen molar-refractivity contribution in [2.75, 3.05) is 6.61 Å². The zero-order valence-electron chi connectivity index (χ0n) is 13.9. The zero-order chi connectivity index (χ0) is 16.0. The molecule has 1 saturated carbocycles. The van der Waals surface area contributed by atoms with Crippen molar-refractivity contribution in [3.05, 3.63) is 9.34 Å². The van der Waals surface area contributed by atoms with Crippen LogP contribution in [0, 0.1) is 17.8 Å².